The summed E-state index contributed by atoms with van der Waals surface area (Å²) in [6, 6.07) is 8.15. The maximum absolute atomic E-state index is 4.03. The quantitative estimate of drug-likeness (QED) is 0.750. The van der Waals surface area contributed by atoms with E-state index in [1.54, 1.807) is 0 Å². The molecule has 0 saturated heterocycles. The molecule has 2 nitrogen and oxygen atoms in total. The van der Waals surface area contributed by atoms with Gasteiger partial charge < -0.3 is 0 Å². The molecule has 0 fully saturated rings. The molecule has 0 aliphatic heterocycles. The van der Waals surface area contributed by atoms with E-state index in [1.165, 1.54) is 5.56 Å². The summed E-state index contributed by atoms with van der Waals surface area (Å²) in [5.41, 5.74) is 1.18. The van der Waals surface area contributed by atoms with Crippen LogP contribution in [0, 0.1) is 0 Å². The summed E-state index contributed by atoms with van der Waals surface area (Å²) in [6.07, 6.45) is 0. The van der Waals surface area contributed by atoms with Gasteiger partial charge in [0.25, 0.3) is 0 Å². The van der Waals surface area contributed by atoms with Crippen molar-refractivity contribution >= 4 is 30.4 Å². The fraction of sp³-hybridized carbons (Fsp3) is 0. The number of halogens is 1. The molecule has 1 aromatic carbocycles. The van der Waals surface area contributed by atoms with Gasteiger partial charge in [-0.05, 0) is 0 Å². The van der Waals surface area contributed by atoms with E-state index in [4.69, 9.17) is 0 Å². The first-order valence-electron chi connectivity index (χ1n) is 3.38. The molecule has 0 bridgehead atoms. The zero-order valence-electron chi connectivity index (χ0n) is 6.07. The Labute approximate surface area is 84.5 Å². The van der Waals surface area contributed by atoms with Gasteiger partial charge in [0.2, 0.25) is 0 Å². The van der Waals surface area contributed by atoms with Crippen LogP contribution in [0.4, 0.5) is 0 Å². The van der Waals surface area contributed by atoms with Crippen LogP contribution in [0.5, 0.6) is 0 Å². The van der Waals surface area contributed by atoms with Gasteiger partial charge in [-0.3, -0.25) is 0 Å². The molecular formula is C8H5BrN2Se. The minimum atomic E-state index is 0.327. The fourth-order valence-electron chi connectivity index (χ4n) is 0.891. The van der Waals surface area contributed by atoms with Crippen LogP contribution in [0.3, 0.4) is 0 Å². The van der Waals surface area contributed by atoms with Gasteiger partial charge in [0.15, 0.2) is 0 Å². The molecule has 0 radical (unpaired) electrons. The van der Waals surface area contributed by atoms with Crippen LogP contribution in [-0.2, 0) is 0 Å². The molecule has 60 valence electrons. The van der Waals surface area contributed by atoms with Crippen molar-refractivity contribution in [3.63, 3.8) is 0 Å². The standard InChI is InChI=1S/C8H5BrN2Se/c9-7-3-1-6(2-4-7)8-11-10-5-12-8/h1-5H. The van der Waals surface area contributed by atoms with Crippen LogP contribution in [0.1, 0.15) is 0 Å². The summed E-state index contributed by atoms with van der Waals surface area (Å²) < 4.78 is 2.20. The van der Waals surface area contributed by atoms with Crippen LogP contribution >= 0.6 is 15.9 Å². The molecule has 12 heavy (non-hydrogen) atoms. The second kappa shape index (κ2) is 3.52. The van der Waals surface area contributed by atoms with Crippen molar-refractivity contribution in [2.24, 2.45) is 0 Å². The first kappa shape index (κ1) is 8.17. The second-order valence-corrected chi connectivity index (χ2v) is 4.91. The summed E-state index contributed by atoms with van der Waals surface area (Å²) in [5, 5.41) is 9.76. The molecule has 1 heterocycles. The van der Waals surface area contributed by atoms with E-state index in [0.29, 0.717) is 14.5 Å². The Bertz CT molecular complexity index is 355. The zero-order valence-corrected chi connectivity index (χ0v) is 9.37. The molecule has 0 aliphatic rings. The van der Waals surface area contributed by atoms with E-state index in [0.717, 1.165) is 9.04 Å². The number of nitrogens with zero attached hydrogens (tertiary/aromatic N) is 2. The van der Waals surface area contributed by atoms with Gasteiger partial charge >= 0.3 is 84.6 Å². The Morgan fingerprint density at radius 2 is 1.92 bits per heavy atom. The van der Waals surface area contributed by atoms with E-state index in [1.807, 2.05) is 17.2 Å². The molecule has 4 heteroatoms. The van der Waals surface area contributed by atoms with E-state index >= 15 is 0 Å². The molecule has 0 saturated carbocycles. The maximum atomic E-state index is 4.03. The Hall–Kier alpha value is -0.441. The fourth-order valence-corrected chi connectivity index (χ4v) is 2.33. The third-order valence-electron chi connectivity index (χ3n) is 1.45. The molecule has 1 aromatic heterocycles. The summed E-state index contributed by atoms with van der Waals surface area (Å²) in [4.78, 5) is 0. The summed E-state index contributed by atoms with van der Waals surface area (Å²) >= 11 is 3.72. The Morgan fingerprint density at radius 1 is 1.17 bits per heavy atom. The molecule has 0 amide bonds. The van der Waals surface area contributed by atoms with Gasteiger partial charge in [-0.15, -0.1) is 0 Å². The van der Waals surface area contributed by atoms with Crippen molar-refractivity contribution in [2.45, 2.75) is 0 Å². The van der Waals surface area contributed by atoms with Crippen molar-refractivity contribution in [3.05, 3.63) is 33.8 Å². The van der Waals surface area contributed by atoms with Gasteiger partial charge in [-0.1, -0.05) is 0 Å². The van der Waals surface area contributed by atoms with Crippen molar-refractivity contribution in [2.75, 3.05) is 0 Å². The number of hydrogen-bond donors (Lipinski definition) is 0. The Kier molecular flexibility index (Phi) is 2.40. The Balaban J connectivity index is 2.43. The average molecular weight is 288 g/mol. The van der Waals surface area contributed by atoms with E-state index in [-0.39, 0.29) is 0 Å². The molecule has 0 N–H and O–H groups in total. The molecule has 0 atom stereocenters. The molecule has 2 aromatic rings. The topological polar surface area (TPSA) is 25.8 Å². The van der Waals surface area contributed by atoms with Gasteiger partial charge in [0.05, 0.1) is 0 Å². The van der Waals surface area contributed by atoms with Crippen molar-refractivity contribution in [1.29, 1.82) is 0 Å². The monoisotopic (exact) mass is 288 g/mol. The second-order valence-electron chi connectivity index (χ2n) is 2.25. The number of aromatic nitrogens is 2. The van der Waals surface area contributed by atoms with Gasteiger partial charge in [-0.2, -0.15) is 0 Å². The molecule has 0 unspecified atom stereocenters. The summed E-state index contributed by atoms with van der Waals surface area (Å²) in [5.74, 6) is 0. The first-order valence-corrected chi connectivity index (χ1v) is 6.02. The van der Waals surface area contributed by atoms with Crippen LogP contribution in [-0.4, -0.2) is 24.7 Å². The van der Waals surface area contributed by atoms with Crippen molar-refractivity contribution in [1.82, 2.24) is 10.2 Å². The van der Waals surface area contributed by atoms with Gasteiger partial charge in [0, 0.05) is 0 Å². The molecule has 2 rings (SSSR count). The Morgan fingerprint density at radius 3 is 2.50 bits per heavy atom. The predicted octanol–water partition coefficient (Wildman–Crippen LogP) is 1.96. The summed E-state index contributed by atoms with van der Waals surface area (Å²) in [6.45, 7) is 0. The van der Waals surface area contributed by atoms with Gasteiger partial charge in [0.1, 0.15) is 0 Å². The molecule has 0 aliphatic carbocycles. The third-order valence-corrected chi connectivity index (χ3v) is 3.53. The number of hydrogen-bond acceptors (Lipinski definition) is 2. The first-order chi connectivity index (χ1) is 5.86. The SMILES string of the molecule is Brc1ccc(-c2nnc[se]2)cc1. The number of rotatable bonds is 1. The van der Waals surface area contributed by atoms with Crippen molar-refractivity contribution in [3.8, 4) is 10.1 Å². The van der Waals surface area contributed by atoms with E-state index in [9.17, 15) is 0 Å². The normalized spacial score (nSPS) is 10.1. The number of benzene rings is 1. The zero-order chi connectivity index (χ0) is 8.39. The summed E-state index contributed by atoms with van der Waals surface area (Å²) in [7, 11) is 0. The average Bonchev–Trinajstić information content (AvgIpc) is 2.58. The van der Waals surface area contributed by atoms with Crippen LogP contribution in [0.25, 0.3) is 10.1 Å². The van der Waals surface area contributed by atoms with E-state index < -0.39 is 0 Å². The molecule has 0 spiro atoms. The van der Waals surface area contributed by atoms with Crippen LogP contribution in [0.2, 0.25) is 0 Å². The minimum absolute atomic E-state index is 0.327. The third kappa shape index (κ3) is 1.66. The predicted molar refractivity (Wildman–Crippen MR) is 52.1 cm³/mol. The van der Waals surface area contributed by atoms with E-state index in [2.05, 4.69) is 38.3 Å². The van der Waals surface area contributed by atoms with Crippen LogP contribution < -0.4 is 0 Å². The molecular weight excluding hydrogens is 283 g/mol. The van der Waals surface area contributed by atoms with Crippen molar-refractivity contribution < 1.29 is 0 Å². The van der Waals surface area contributed by atoms with Gasteiger partial charge in [-0.25, -0.2) is 0 Å². The van der Waals surface area contributed by atoms with Crippen LogP contribution in [0.15, 0.2) is 33.8 Å².